The van der Waals surface area contributed by atoms with Gasteiger partial charge in [0, 0.05) is 38.5 Å². The normalized spacial score (nSPS) is 17.3. The van der Waals surface area contributed by atoms with Gasteiger partial charge in [-0.05, 0) is 32.6 Å². The molecule has 1 rings (SSSR count). The Kier molecular flexibility index (Phi) is 8.35. The van der Waals surface area contributed by atoms with Gasteiger partial charge in [0.05, 0.1) is 0 Å². The van der Waals surface area contributed by atoms with Crippen molar-refractivity contribution in [1.29, 1.82) is 0 Å². The van der Waals surface area contributed by atoms with Crippen LogP contribution >= 0.6 is 0 Å². The van der Waals surface area contributed by atoms with Gasteiger partial charge >= 0.3 is 0 Å². The molecule has 0 radical (unpaired) electrons. The van der Waals surface area contributed by atoms with Crippen LogP contribution in [0.3, 0.4) is 0 Å². The monoisotopic (exact) mass is 297 g/mol. The standard InChI is InChI=1S/C16H31N3O2/c1-3-19(4-2)16(21)11-10-15(20)18-14(12-17)13-8-6-5-7-9-13/h13-14H,3-12,17H2,1-2H3,(H,18,20). The third-order valence-electron chi connectivity index (χ3n) is 4.50. The molecule has 1 saturated carbocycles. The Bertz CT molecular complexity index is 323. The van der Waals surface area contributed by atoms with E-state index in [0.29, 0.717) is 25.6 Å². The number of rotatable bonds is 8. The molecule has 1 unspecified atom stereocenters. The van der Waals surface area contributed by atoms with Crippen molar-refractivity contribution in [2.45, 2.75) is 64.8 Å². The molecule has 0 bridgehead atoms. The van der Waals surface area contributed by atoms with E-state index in [9.17, 15) is 9.59 Å². The second kappa shape index (κ2) is 9.77. The van der Waals surface area contributed by atoms with Crippen LogP contribution in [-0.4, -0.2) is 42.4 Å². The number of hydrogen-bond donors (Lipinski definition) is 2. The SMILES string of the molecule is CCN(CC)C(=O)CCC(=O)NC(CN)C1CCCCC1. The van der Waals surface area contributed by atoms with E-state index < -0.39 is 0 Å². The molecule has 21 heavy (non-hydrogen) atoms. The van der Waals surface area contributed by atoms with Crippen LogP contribution in [0.1, 0.15) is 58.8 Å². The Labute approximate surface area is 128 Å². The second-order valence-corrected chi connectivity index (χ2v) is 5.87. The molecule has 1 aliphatic carbocycles. The highest BCUT2D eigenvalue weighted by molar-refractivity contribution is 5.83. The molecule has 5 heteroatoms. The quantitative estimate of drug-likeness (QED) is 0.715. The predicted octanol–water partition coefficient (Wildman–Crippen LogP) is 1.66. The zero-order valence-corrected chi connectivity index (χ0v) is 13.6. The Hall–Kier alpha value is -1.10. The Morgan fingerprint density at radius 1 is 1.14 bits per heavy atom. The average Bonchev–Trinajstić information content (AvgIpc) is 2.52. The fraction of sp³-hybridized carbons (Fsp3) is 0.875. The summed E-state index contributed by atoms with van der Waals surface area (Å²) in [5.41, 5.74) is 5.81. The van der Waals surface area contributed by atoms with Crippen LogP contribution in [0.5, 0.6) is 0 Å². The maximum Gasteiger partial charge on any atom is 0.223 e. The van der Waals surface area contributed by atoms with E-state index in [1.807, 2.05) is 13.8 Å². The summed E-state index contributed by atoms with van der Waals surface area (Å²) in [4.78, 5) is 25.7. The number of nitrogens with zero attached hydrogens (tertiary/aromatic N) is 1. The minimum absolute atomic E-state index is 0.0449. The van der Waals surface area contributed by atoms with Crippen LogP contribution in [0.15, 0.2) is 0 Å². The molecule has 0 heterocycles. The van der Waals surface area contributed by atoms with Gasteiger partial charge in [-0.15, -0.1) is 0 Å². The van der Waals surface area contributed by atoms with Crippen molar-refractivity contribution in [2.24, 2.45) is 11.7 Å². The predicted molar refractivity (Wildman–Crippen MR) is 84.7 cm³/mol. The molecular formula is C16H31N3O2. The first kappa shape index (κ1) is 18.0. The van der Waals surface area contributed by atoms with Crippen LogP contribution in [-0.2, 0) is 9.59 Å². The lowest BCUT2D eigenvalue weighted by molar-refractivity contribution is -0.133. The van der Waals surface area contributed by atoms with Crippen LogP contribution in [0.4, 0.5) is 0 Å². The van der Waals surface area contributed by atoms with Gasteiger partial charge in [0.15, 0.2) is 0 Å². The van der Waals surface area contributed by atoms with E-state index in [0.717, 1.165) is 12.8 Å². The second-order valence-electron chi connectivity index (χ2n) is 5.87. The third-order valence-corrected chi connectivity index (χ3v) is 4.50. The number of carbonyl (C=O) groups is 2. The van der Waals surface area contributed by atoms with Crippen molar-refractivity contribution in [3.05, 3.63) is 0 Å². The van der Waals surface area contributed by atoms with Gasteiger partial charge in [-0.1, -0.05) is 19.3 Å². The highest BCUT2D eigenvalue weighted by Crippen LogP contribution is 2.26. The largest absolute Gasteiger partial charge is 0.352 e. The first-order chi connectivity index (χ1) is 10.1. The summed E-state index contributed by atoms with van der Waals surface area (Å²) >= 11 is 0. The molecule has 1 fully saturated rings. The number of carbonyl (C=O) groups excluding carboxylic acids is 2. The lowest BCUT2D eigenvalue weighted by atomic mass is 9.84. The highest BCUT2D eigenvalue weighted by atomic mass is 16.2. The van der Waals surface area contributed by atoms with E-state index in [2.05, 4.69) is 5.32 Å². The zero-order chi connectivity index (χ0) is 15.7. The van der Waals surface area contributed by atoms with Crippen molar-refractivity contribution in [1.82, 2.24) is 10.2 Å². The van der Waals surface area contributed by atoms with Gasteiger partial charge in [0.1, 0.15) is 0 Å². The maximum atomic E-state index is 12.0. The van der Waals surface area contributed by atoms with Crippen LogP contribution in [0.25, 0.3) is 0 Å². The van der Waals surface area contributed by atoms with Gasteiger partial charge in [-0.2, -0.15) is 0 Å². The minimum atomic E-state index is -0.0449. The molecule has 0 spiro atoms. The van der Waals surface area contributed by atoms with E-state index in [1.54, 1.807) is 4.90 Å². The molecule has 0 aromatic heterocycles. The number of nitrogens with one attached hydrogen (secondary N) is 1. The van der Waals surface area contributed by atoms with Gasteiger partial charge in [0.25, 0.3) is 0 Å². The Balaban J connectivity index is 2.35. The Morgan fingerprint density at radius 2 is 1.76 bits per heavy atom. The summed E-state index contributed by atoms with van der Waals surface area (Å²) in [5.74, 6) is 0.514. The average molecular weight is 297 g/mol. The van der Waals surface area contributed by atoms with Crippen molar-refractivity contribution in [2.75, 3.05) is 19.6 Å². The zero-order valence-electron chi connectivity index (χ0n) is 13.6. The molecule has 0 aromatic carbocycles. The third kappa shape index (κ3) is 6.04. The van der Waals surface area contributed by atoms with Gasteiger partial charge < -0.3 is 16.0 Å². The van der Waals surface area contributed by atoms with Crippen molar-refractivity contribution in [3.8, 4) is 0 Å². The van der Waals surface area contributed by atoms with Crippen molar-refractivity contribution in [3.63, 3.8) is 0 Å². The van der Waals surface area contributed by atoms with Crippen LogP contribution in [0, 0.1) is 5.92 Å². The summed E-state index contributed by atoms with van der Waals surface area (Å²) in [6.07, 6.45) is 6.62. The number of nitrogens with two attached hydrogens (primary N) is 1. The lowest BCUT2D eigenvalue weighted by Crippen LogP contribution is -2.46. The van der Waals surface area contributed by atoms with E-state index in [4.69, 9.17) is 5.73 Å². The first-order valence-corrected chi connectivity index (χ1v) is 8.39. The van der Waals surface area contributed by atoms with Crippen LogP contribution in [0.2, 0.25) is 0 Å². The molecule has 0 saturated heterocycles. The fourth-order valence-corrected chi connectivity index (χ4v) is 3.14. The smallest absolute Gasteiger partial charge is 0.223 e. The van der Waals surface area contributed by atoms with E-state index in [1.165, 1.54) is 19.3 Å². The molecular weight excluding hydrogens is 266 g/mol. The van der Waals surface area contributed by atoms with Crippen molar-refractivity contribution >= 4 is 11.8 Å². The molecule has 122 valence electrons. The topological polar surface area (TPSA) is 75.4 Å². The summed E-state index contributed by atoms with van der Waals surface area (Å²) in [6.45, 7) is 5.79. The number of hydrogen-bond acceptors (Lipinski definition) is 3. The highest BCUT2D eigenvalue weighted by Gasteiger charge is 2.24. The summed E-state index contributed by atoms with van der Waals surface area (Å²) in [7, 11) is 0. The Morgan fingerprint density at radius 3 is 2.29 bits per heavy atom. The van der Waals surface area contributed by atoms with Gasteiger partial charge in [-0.25, -0.2) is 0 Å². The minimum Gasteiger partial charge on any atom is -0.352 e. The fourth-order valence-electron chi connectivity index (χ4n) is 3.14. The molecule has 1 aliphatic rings. The molecule has 2 amide bonds. The van der Waals surface area contributed by atoms with Crippen LogP contribution < -0.4 is 11.1 Å². The van der Waals surface area contributed by atoms with E-state index in [-0.39, 0.29) is 30.7 Å². The molecule has 3 N–H and O–H groups in total. The molecule has 1 atom stereocenters. The first-order valence-electron chi connectivity index (χ1n) is 8.39. The van der Waals surface area contributed by atoms with E-state index >= 15 is 0 Å². The van der Waals surface area contributed by atoms with Gasteiger partial charge in [-0.3, -0.25) is 9.59 Å². The molecule has 5 nitrogen and oxygen atoms in total. The summed E-state index contributed by atoms with van der Waals surface area (Å²) in [6, 6.07) is 0.0707. The molecule has 0 aromatic rings. The maximum absolute atomic E-state index is 12.0. The van der Waals surface area contributed by atoms with Crippen molar-refractivity contribution < 1.29 is 9.59 Å². The lowest BCUT2D eigenvalue weighted by Gasteiger charge is -2.30. The molecule has 0 aliphatic heterocycles. The van der Waals surface area contributed by atoms with Gasteiger partial charge in [0.2, 0.25) is 11.8 Å². The summed E-state index contributed by atoms with van der Waals surface area (Å²) < 4.78 is 0. The number of amides is 2. The summed E-state index contributed by atoms with van der Waals surface area (Å²) in [5, 5.41) is 3.03.